The van der Waals surface area contributed by atoms with Crippen LogP contribution in [0.15, 0.2) is 29.3 Å². The summed E-state index contributed by atoms with van der Waals surface area (Å²) >= 11 is 1.23. The fourth-order valence-electron chi connectivity index (χ4n) is 3.36. The molecule has 0 saturated heterocycles. The van der Waals surface area contributed by atoms with Gasteiger partial charge in [0, 0.05) is 5.56 Å². The minimum Gasteiger partial charge on any atom is -0.493 e. The van der Waals surface area contributed by atoms with Gasteiger partial charge in [-0.25, -0.2) is 4.98 Å². The van der Waals surface area contributed by atoms with Crippen LogP contribution in [0.1, 0.15) is 76.0 Å². The van der Waals surface area contributed by atoms with Gasteiger partial charge in [0.15, 0.2) is 0 Å². The summed E-state index contributed by atoms with van der Waals surface area (Å²) in [6, 6.07) is 8.02. The monoisotopic (exact) mass is 478 g/mol. The van der Waals surface area contributed by atoms with Gasteiger partial charge in [-0.1, -0.05) is 46.5 Å². The van der Waals surface area contributed by atoms with Crippen molar-refractivity contribution in [3.63, 3.8) is 0 Å². The Hall–Kier alpha value is -2.20. The topological polar surface area (TPSA) is 45.9 Å². The van der Waals surface area contributed by atoms with Crippen molar-refractivity contribution in [2.24, 2.45) is 5.92 Å². The average Bonchev–Trinajstić information content (AvgIpc) is 2.75. The lowest BCUT2D eigenvalue weighted by Crippen LogP contribution is -2.10. The van der Waals surface area contributed by atoms with Crippen LogP contribution in [0.5, 0.6) is 5.75 Å². The van der Waals surface area contributed by atoms with Crippen molar-refractivity contribution in [1.82, 2.24) is 4.98 Å². The molecule has 2 rings (SSSR count). The molecule has 180 valence electrons. The lowest BCUT2D eigenvalue weighted by molar-refractivity contribution is -0.138. The van der Waals surface area contributed by atoms with Gasteiger partial charge in [0.25, 0.3) is 0 Å². The van der Waals surface area contributed by atoms with Crippen LogP contribution >= 0.6 is 11.8 Å². The summed E-state index contributed by atoms with van der Waals surface area (Å²) in [7, 11) is 0. The number of pyridine rings is 1. The van der Waals surface area contributed by atoms with Crippen LogP contribution in [0.4, 0.5) is 13.2 Å². The molecule has 0 amide bonds. The van der Waals surface area contributed by atoms with E-state index in [1.165, 1.54) is 11.8 Å². The van der Waals surface area contributed by atoms with Gasteiger partial charge < -0.3 is 4.74 Å². The molecular formula is C26H33F3N2OS. The molecule has 1 aromatic heterocycles. The third-order valence-electron chi connectivity index (χ3n) is 5.31. The van der Waals surface area contributed by atoms with E-state index in [1.807, 2.05) is 6.92 Å². The van der Waals surface area contributed by atoms with E-state index in [9.17, 15) is 18.4 Å². The summed E-state index contributed by atoms with van der Waals surface area (Å²) in [6.45, 7) is 8.83. The van der Waals surface area contributed by atoms with Crippen molar-refractivity contribution < 1.29 is 17.9 Å². The van der Waals surface area contributed by atoms with E-state index in [2.05, 4.69) is 25.8 Å². The van der Waals surface area contributed by atoms with Crippen molar-refractivity contribution in [3.8, 4) is 23.1 Å². The molecule has 0 N–H and O–H groups in total. The van der Waals surface area contributed by atoms with Gasteiger partial charge in [-0.05, 0) is 61.3 Å². The maximum Gasteiger partial charge on any atom is 0.417 e. The lowest BCUT2D eigenvalue weighted by atomic mass is 10.0. The summed E-state index contributed by atoms with van der Waals surface area (Å²) < 4.78 is 47.2. The molecule has 0 unspecified atom stereocenters. The number of unbranched alkanes of at least 4 members (excludes halogenated alkanes) is 4. The average molecular weight is 479 g/mol. The number of alkyl halides is 3. The number of benzene rings is 1. The second-order valence-electron chi connectivity index (χ2n) is 8.62. The van der Waals surface area contributed by atoms with E-state index < -0.39 is 17.3 Å². The molecule has 0 saturated carbocycles. The van der Waals surface area contributed by atoms with Crippen molar-refractivity contribution >= 4 is 11.8 Å². The zero-order chi connectivity index (χ0) is 24.4. The predicted molar refractivity (Wildman–Crippen MR) is 129 cm³/mol. The molecular weight excluding hydrogens is 445 g/mol. The second-order valence-corrected chi connectivity index (χ2v) is 9.70. The van der Waals surface area contributed by atoms with Gasteiger partial charge in [-0.3, -0.25) is 0 Å². The van der Waals surface area contributed by atoms with Crippen molar-refractivity contribution in [3.05, 3.63) is 41.0 Å². The van der Waals surface area contributed by atoms with Crippen LogP contribution in [0.2, 0.25) is 0 Å². The van der Waals surface area contributed by atoms with Crippen molar-refractivity contribution in [1.29, 1.82) is 5.26 Å². The van der Waals surface area contributed by atoms with Crippen molar-refractivity contribution in [2.45, 2.75) is 77.4 Å². The number of halogens is 3. The summed E-state index contributed by atoms with van der Waals surface area (Å²) in [5.74, 6) is 1.87. The SMILES string of the molecule is CCCCCCCSc1nc(-c2ccc(OCCC(C)C)c(C)c2)cc(C(F)(F)F)c1C#N. The number of aryl methyl sites for hydroxylation is 1. The minimum absolute atomic E-state index is 0.146. The summed E-state index contributed by atoms with van der Waals surface area (Å²) in [4.78, 5) is 4.48. The molecule has 0 aliphatic carbocycles. The first-order valence-electron chi connectivity index (χ1n) is 11.6. The van der Waals surface area contributed by atoms with Crippen LogP contribution in [0.25, 0.3) is 11.3 Å². The van der Waals surface area contributed by atoms with E-state index in [-0.39, 0.29) is 10.7 Å². The fraction of sp³-hybridized carbons (Fsp3) is 0.538. The molecule has 33 heavy (non-hydrogen) atoms. The highest BCUT2D eigenvalue weighted by Crippen LogP contribution is 2.38. The molecule has 0 aliphatic rings. The second kappa shape index (κ2) is 12.9. The van der Waals surface area contributed by atoms with E-state index in [0.717, 1.165) is 50.2 Å². The molecule has 3 nitrogen and oxygen atoms in total. The van der Waals surface area contributed by atoms with Crippen LogP contribution in [-0.4, -0.2) is 17.3 Å². The molecule has 2 aromatic rings. The third kappa shape index (κ3) is 8.26. The van der Waals surface area contributed by atoms with Crippen LogP contribution in [-0.2, 0) is 6.18 Å². The highest BCUT2D eigenvalue weighted by atomic mass is 32.2. The first-order valence-corrected chi connectivity index (χ1v) is 12.5. The number of hydrogen-bond acceptors (Lipinski definition) is 4. The Morgan fingerprint density at radius 3 is 2.45 bits per heavy atom. The normalized spacial score (nSPS) is 11.6. The number of rotatable bonds is 12. The van der Waals surface area contributed by atoms with E-state index in [1.54, 1.807) is 24.3 Å². The van der Waals surface area contributed by atoms with Crippen LogP contribution in [0, 0.1) is 24.2 Å². The Bertz CT molecular complexity index is 952. The molecule has 0 spiro atoms. The highest BCUT2D eigenvalue weighted by Gasteiger charge is 2.36. The number of aromatic nitrogens is 1. The number of hydrogen-bond donors (Lipinski definition) is 0. The zero-order valence-corrected chi connectivity index (χ0v) is 20.7. The van der Waals surface area contributed by atoms with Gasteiger partial charge in [0.05, 0.1) is 23.4 Å². The molecule has 0 radical (unpaired) electrons. The number of nitrogens with zero attached hydrogens (tertiary/aromatic N) is 2. The van der Waals surface area contributed by atoms with Gasteiger partial charge in [0.1, 0.15) is 16.8 Å². The Morgan fingerprint density at radius 2 is 1.85 bits per heavy atom. The maximum absolute atomic E-state index is 13.8. The molecule has 1 aromatic carbocycles. The Morgan fingerprint density at radius 1 is 1.12 bits per heavy atom. The summed E-state index contributed by atoms with van der Waals surface area (Å²) in [5.41, 5.74) is 0.296. The quantitative estimate of drug-likeness (QED) is 0.227. The van der Waals surface area contributed by atoms with Gasteiger partial charge in [0.2, 0.25) is 0 Å². The lowest BCUT2D eigenvalue weighted by Gasteiger charge is -2.15. The maximum atomic E-state index is 13.8. The van der Waals surface area contributed by atoms with E-state index in [0.29, 0.717) is 29.6 Å². The Kier molecular flexibility index (Phi) is 10.6. The standard InChI is InChI=1S/C26H33F3N2OS/c1-5-6-7-8-9-14-33-25-21(17-30)22(26(27,28)29)16-23(31-25)20-10-11-24(19(4)15-20)32-13-12-18(2)3/h10-11,15-16,18H,5-9,12-14H2,1-4H3. The fourth-order valence-corrected chi connectivity index (χ4v) is 4.36. The molecule has 0 bridgehead atoms. The van der Waals surface area contributed by atoms with Gasteiger partial charge >= 0.3 is 6.18 Å². The zero-order valence-electron chi connectivity index (χ0n) is 19.9. The molecule has 0 atom stereocenters. The third-order valence-corrected chi connectivity index (χ3v) is 6.38. The highest BCUT2D eigenvalue weighted by molar-refractivity contribution is 7.99. The van der Waals surface area contributed by atoms with E-state index >= 15 is 0 Å². The molecule has 0 fully saturated rings. The number of nitriles is 1. The van der Waals surface area contributed by atoms with Gasteiger partial charge in [-0.2, -0.15) is 18.4 Å². The minimum atomic E-state index is -4.63. The van der Waals surface area contributed by atoms with Crippen molar-refractivity contribution in [2.75, 3.05) is 12.4 Å². The first kappa shape index (κ1) is 27.0. The van der Waals surface area contributed by atoms with E-state index in [4.69, 9.17) is 4.74 Å². The Labute approximate surface area is 199 Å². The number of thioether (sulfide) groups is 1. The Balaban J connectivity index is 2.32. The van der Waals surface area contributed by atoms with Gasteiger partial charge in [-0.15, -0.1) is 11.8 Å². The predicted octanol–water partition coefficient (Wildman–Crippen LogP) is 8.43. The molecule has 0 aliphatic heterocycles. The number of ether oxygens (including phenoxy) is 1. The van der Waals surface area contributed by atoms with Crippen LogP contribution in [0.3, 0.4) is 0 Å². The molecule has 1 heterocycles. The largest absolute Gasteiger partial charge is 0.493 e. The first-order chi connectivity index (χ1) is 15.7. The summed E-state index contributed by atoms with van der Waals surface area (Å²) in [5, 5.41) is 9.62. The molecule has 7 heteroatoms. The summed E-state index contributed by atoms with van der Waals surface area (Å²) in [6.07, 6.45) is 1.58. The van der Waals surface area contributed by atoms with Crippen LogP contribution < -0.4 is 4.74 Å². The smallest absolute Gasteiger partial charge is 0.417 e.